The summed E-state index contributed by atoms with van der Waals surface area (Å²) in [6.07, 6.45) is 4.42. The number of amides is 2. The molecule has 244 valence electrons. The fraction of sp³-hybridized carbons (Fsp3) is 0.559. The molecule has 2 fully saturated rings. The number of benzene rings is 2. The van der Waals surface area contributed by atoms with Crippen LogP contribution in [0, 0.1) is 11.8 Å². The predicted molar refractivity (Wildman–Crippen MR) is 168 cm³/mol. The molecule has 2 aromatic carbocycles. The third-order valence-electron chi connectivity index (χ3n) is 9.08. The van der Waals surface area contributed by atoms with Gasteiger partial charge in [-0.25, -0.2) is 0 Å². The van der Waals surface area contributed by atoms with E-state index in [1.165, 1.54) is 0 Å². The van der Waals surface area contributed by atoms with Gasteiger partial charge in [0, 0.05) is 31.6 Å². The number of rotatable bonds is 12. The van der Waals surface area contributed by atoms with Crippen LogP contribution in [-0.4, -0.2) is 80.0 Å². The Morgan fingerprint density at radius 1 is 1.04 bits per heavy atom. The van der Waals surface area contributed by atoms with Crippen LogP contribution in [0.15, 0.2) is 42.5 Å². The van der Waals surface area contributed by atoms with Crippen LogP contribution in [0.4, 0.5) is 0 Å². The Morgan fingerprint density at radius 3 is 2.53 bits per heavy atom. The Kier molecular flexibility index (Phi) is 10.8. The molecular formula is C34H46N4O7. The van der Waals surface area contributed by atoms with Crippen molar-refractivity contribution in [1.29, 1.82) is 0 Å². The third kappa shape index (κ3) is 7.88. The van der Waals surface area contributed by atoms with Crippen LogP contribution in [0.5, 0.6) is 17.2 Å². The molecule has 11 nitrogen and oxygen atoms in total. The quantitative estimate of drug-likeness (QED) is 0.280. The highest BCUT2D eigenvalue weighted by Crippen LogP contribution is 2.47. The molecule has 5 rings (SSSR count). The monoisotopic (exact) mass is 622 g/mol. The van der Waals surface area contributed by atoms with E-state index < -0.39 is 24.0 Å². The van der Waals surface area contributed by atoms with E-state index in [1.54, 1.807) is 7.11 Å². The van der Waals surface area contributed by atoms with Gasteiger partial charge in [-0.15, -0.1) is 0 Å². The predicted octanol–water partition coefficient (Wildman–Crippen LogP) is 3.44. The summed E-state index contributed by atoms with van der Waals surface area (Å²) in [6, 6.07) is 11.7. The van der Waals surface area contributed by atoms with Gasteiger partial charge in [0.15, 0.2) is 11.5 Å². The standard InChI is InChI=1S/C34H46N4O7/c1-21(2)17-27(37-33(40)26-7-5-4-6-14-35-26)32(39)36-15-16-38-19-25(23-10-13-28-29(18-23)45-20-44-28)30(34(41)42)31(38)22-8-11-24(43-3)12-9-22/h8-13,18,21,25-27,30-31,35H,4-7,14-17,19-20H2,1-3H3,(H,36,39)(H,37,40)(H,41,42)/t25?,26?,27-,30?,31?/m1/s1. The molecule has 0 bridgehead atoms. The fourth-order valence-corrected chi connectivity index (χ4v) is 6.81. The van der Waals surface area contributed by atoms with Crippen molar-refractivity contribution in [3.05, 3.63) is 53.6 Å². The zero-order valence-electron chi connectivity index (χ0n) is 26.4. The van der Waals surface area contributed by atoms with Gasteiger partial charge in [-0.1, -0.05) is 44.9 Å². The first-order valence-electron chi connectivity index (χ1n) is 16.1. The van der Waals surface area contributed by atoms with Crippen LogP contribution in [0.1, 0.15) is 69.0 Å². The highest BCUT2D eigenvalue weighted by atomic mass is 16.7. The van der Waals surface area contributed by atoms with Crippen molar-refractivity contribution in [3.63, 3.8) is 0 Å². The molecule has 45 heavy (non-hydrogen) atoms. The van der Waals surface area contributed by atoms with Crippen LogP contribution in [0.2, 0.25) is 0 Å². The molecule has 0 saturated carbocycles. The first-order valence-corrected chi connectivity index (χ1v) is 16.1. The van der Waals surface area contributed by atoms with Gasteiger partial charge < -0.3 is 35.3 Å². The molecule has 3 aliphatic rings. The van der Waals surface area contributed by atoms with Gasteiger partial charge in [0.25, 0.3) is 0 Å². The Bertz CT molecular complexity index is 1330. The average molecular weight is 623 g/mol. The van der Waals surface area contributed by atoms with Crippen molar-refractivity contribution in [1.82, 2.24) is 20.9 Å². The zero-order valence-corrected chi connectivity index (χ0v) is 26.4. The summed E-state index contributed by atoms with van der Waals surface area (Å²) in [5, 5.41) is 19.9. The molecule has 2 saturated heterocycles. The van der Waals surface area contributed by atoms with Crippen LogP contribution < -0.4 is 30.2 Å². The Balaban J connectivity index is 1.31. The summed E-state index contributed by atoms with van der Waals surface area (Å²) in [5.41, 5.74) is 1.72. The Labute approximate surface area is 265 Å². The van der Waals surface area contributed by atoms with E-state index in [1.807, 2.05) is 56.3 Å². The summed E-state index contributed by atoms with van der Waals surface area (Å²) in [4.78, 5) is 41.5. The molecule has 0 aromatic heterocycles. The maximum Gasteiger partial charge on any atom is 0.309 e. The lowest BCUT2D eigenvalue weighted by molar-refractivity contribution is -0.143. The van der Waals surface area contributed by atoms with Gasteiger partial charge in [-0.05, 0) is 67.1 Å². The molecule has 5 atom stereocenters. The number of methoxy groups -OCH3 is 1. The minimum atomic E-state index is -0.892. The van der Waals surface area contributed by atoms with Crippen molar-refractivity contribution in [3.8, 4) is 17.2 Å². The van der Waals surface area contributed by atoms with Gasteiger partial charge >= 0.3 is 5.97 Å². The van der Waals surface area contributed by atoms with Crippen molar-refractivity contribution >= 4 is 17.8 Å². The van der Waals surface area contributed by atoms with E-state index in [0.717, 1.165) is 43.4 Å². The van der Waals surface area contributed by atoms with Gasteiger partial charge in [0.1, 0.15) is 11.8 Å². The number of carboxylic acid groups (broad SMARTS) is 1. The lowest BCUT2D eigenvalue weighted by atomic mass is 9.82. The number of nitrogens with zero attached hydrogens (tertiary/aromatic N) is 1. The lowest BCUT2D eigenvalue weighted by Gasteiger charge is -2.28. The van der Waals surface area contributed by atoms with Gasteiger partial charge in [0.05, 0.1) is 19.1 Å². The molecular weight excluding hydrogens is 576 g/mol. The van der Waals surface area contributed by atoms with Gasteiger partial charge in [-0.3, -0.25) is 19.3 Å². The van der Waals surface area contributed by atoms with Crippen molar-refractivity contribution in [2.75, 3.05) is 40.1 Å². The molecule has 0 radical (unpaired) electrons. The molecule has 4 N–H and O–H groups in total. The lowest BCUT2D eigenvalue weighted by Crippen LogP contribution is -2.53. The second kappa shape index (κ2) is 15.0. The number of nitrogens with one attached hydrogen (secondary N) is 3. The zero-order chi connectivity index (χ0) is 31.9. The van der Waals surface area contributed by atoms with E-state index in [0.29, 0.717) is 43.3 Å². The smallest absolute Gasteiger partial charge is 0.309 e. The number of aliphatic carboxylic acids is 1. The van der Waals surface area contributed by atoms with Gasteiger partial charge in [-0.2, -0.15) is 0 Å². The number of likely N-dealkylation sites (tertiary alicyclic amines) is 1. The summed E-state index contributed by atoms with van der Waals surface area (Å²) >= 11 is 0. The first-order chi connectivity index (χ1) is 21.7. The number of carbonyl (C=O) groups excluding carboxylic acids is 2. The SMILES string of the molecule is COc1ccc(C2C(C(=O)O)C(c3ccc4c(c3)OCO4)CN2CCNC(=O)[C@@H](CC(C)C)NC(=O)C2CCCCCN2)cc1. The van der Waals surface area contributed by atoms with Crippen molar-refractivity contribution in [2.45, 2.75) is 70.0 Å². The number of hydrogen-bond acceptors (Lipinski definition) is 8. The van der Waals surface area contributed by atoms with Crippen LogP contribution >= 0.6 is 0 Å². The highest BCUT2D eigenvalue weighted by molar-refractivity contribution is 5.89. The molecule has 2 amide bonds. The maximum atomic E-state index is 13.4. The van der Waals surface area contributed by atoms with Crippen molar-refractivity contribution in [2.24, 2.45) is 11.8 Å². The van der Waals surface area contributed by atoms with E-state index in [4.69, 9.17) is 14.2 Å². The Morgan fingerprint density at radius 2 is 1.80 bits per heavy atom. The molecule has 0 spiro atoms. The molecule has 11 heteroatoms. The molecule has 3 aliphatic heterocycles. The van der Waals surface area contributed by atoms with E-state index in [2.05, 4.69) is 20.9 Å². The summed E-state index contributed by atoms with van der Waals surface area (Å²) in [7, 11) is 1.59. The van der Waals surface area contributed by atoms with Crippen LogP contribution in [0.25, 0.3) is 0 Å². The van der Waals surface area contributed by atoms with E-state index in [9.17, 15) is 19.5 Å². The maximum absolute atomic E-state index is 13.4. The fourth-order valence-electron chi connectivity index (χ4n) is 6.81. The van der Waals surface area contributed by atoms with Crippen LogP contribution in [-0.2, 0) is 14.4 Å². The van der Waals surface area contributed by atoms with Gasteiger partial charge in [0.2, 0.25) is 18.6 Å². The minimum Gasteiger partial charge on any atom is -0.497 e. The van der Waals surface area contributed by atoms with Crippen LogP contribution in [0.3, 0.4) is 0 Å². The number of fused-ring (bicyclic) bond motifs is 1. The largest absolute Gasteiger partial charge is 0.497 e. The summed E-state index contributed by atoms with van der Waals surface area (Å²) in [6.45, 7) is 6.21. The normalized spacial score (nSPS) is 23.7. The number of carbonyl (C=O) groups is 3. The highest BCUT2D eigenvalue weighted by Gasteiger charge is 2.47. The summed E-state index contributed by atoms with van der Waals surface area (Å²) < 4.78 is 16.4. The molecule has 0 aliphatic carbocycles. The summed E-state index contributed by atoms with van der Waals surface area (Å²) in [5.74, 6) is -0.160. The second-order valence-electron chi connectivity index (χ2n) is 12.6. The Hall–Kier alpha value is -3.83. The first kappa shape index (κ1) is 32.6. The topological polar surface area (TPSA) is 138 Å². The van der Waals surface area contributed by atoms with Crippen molar-refractivity contribution < 1.29 is 33.7 Å². The number of ether oxygens (including phenoxy) is 3. The molecule has 3 heterocycles. The third-order valence-corrected chi connectivity index (χ3v) is 9.08. The minimum absolute atomic E-state index is 0.132. The number of hydrogen-bond donors (Lipinski definition) is 4. The molecule has 2 aromatic rings. The number of carboxylic acids is 1. The second-order valence-corrected chi connectivity index (χ2v) is 12.6. The molecule has 4 unspecified atom stereocenters. The van der Waals surface area contributed by atoms with E-state index in [-0.39, 0.29) is 36.5 Å². The van der Waals surface area contributed by atoms with E-state index >= 15 is 0 Å². The average Bonchev–Trinajstić information content (AvgIpc) is 3.55.